The fourth-order valence-electron chi connectivity index (χ4n) is 5.10. The van der Waals surface area contributed by atoms with Gasteiger partial charge in [-0.3, -0.25) is 28.8 Å². The molecule has 0 aliphatic carbocycles. The molecular formula is C33H41N7O7. The summed E-state index contributed by atoms with van der Waals surface area (Å²) in [6.45, 7) is 5.42. The van der Waals surface area contributed by atoms with Gasteiger partial charge in [-0.25, -0.2) is 0 Å². The molecule has 14 nitrogen and oxygen atoms in total. The molecule has 0 radical (unpaired) electrons. The third-order valence-corrected chi connectivity index (χ3v) is 7.63. The van der Waals surface area contributed by atoms with Gasteiger partial charge in [-0.2, -0.15) is 0 Å². The van der Waals surface area contributed by atoms with Crippen molar-refractivity contribution in [3.05, 3.63) is 88.2 Å². The van der Waals surface area contributed by atoms with Crippen molar-refractivity contribution in [2.24, 2.45) is 5.92 Å². The second kappa shape index (κ2) is 16.3. The molecule has 47 heavy (non-hydrogen) atoms. The van der Waals surface area contributed by atoms with Gasteiger partial charge in [0, 0.05) is 50.8 Å². The third-order valence-electron chi connectivity index (χ3n) is 7.63. The Morgan fingerprint density at radius 2 is 1.66 bits per heavy atom. The lowest BCUT2D eigenvalue weighted by Crippen LogP contribution is -2.57. The van der Waals surface area contributed by atoms with Crippen LogP contribution < -0.4 is 26.8 Å². The fraction of sp³-hybridized carbons (Fsp3) is 0.424. The summed E-state index contributed by atoms with van der Waals surface area (Å²) in [5.41, 5.74) is 0.464. The summed E-state index contributed by atoms with van der Waals surface area (Å²) in [7, 11) is 0. The van der Waals surface area contributed by atoms with E-state index >= 15 is 0 Å². The first kappa shape index (κ1) is 34.6. The number of aromatic nitrogens is 2. The maximum Gasteiger partial charge on any atom is 0.274 e. The Morgan fingerprint density at radius 1 is 0.936 bits per heavy atom. The minimum absolute atomic E-state index is 0.0180. The second-order valence-electron chi connectivity index (χ2n) is 11.9. The molecule has 4 N–H and O–H groups in total. The molecule has 0 fully saturated rings. The van der Waals surface area contributed by atoms with E-state index in [0.717, 1.165) is 5.56 Å². The van der Waals surface area contributed by atoms with E-state index < -0.39 is 41.8 Å². The number of pyridine rings is 1. The standard InChI is InChI=1S/C33H41N7O7/c1-21(2)17-25-32(45)37-26(18-23-9-5-4-6-10-23)31(44)34-13-16-40(29(42)12-15-39-14-8-7-11-28(39)41)20-24-19-27(38-47-24)33(46)35-22(3)30(43)36-25/h4-11,14,19,21-22,25-26H,12-13,15-18,20H2,1-3H3,(H,34,44)(H,35,46)(H,36,43)(H,37,45)/t22-,25-,26-/m1/s1. The van der Waals surface area contributed by atoms with E-state index in [1.807, 2.05) is 44.2 Å². The fourth-order valence-corrected chi connectivity index (χ4v) is 5.10. The van der Waals surface area contributed by atoms with Gasteiger partial charge in [0.05, 0.1) is 6.54 Å². The minimum Gasteiger partial charge on any atom is -0.359 e. The number of amides is 5. The molecule has 5 amide bonds. The third kappa shape index (κ3) is 10.1. The van der Waals surface area contributed by atoms with Crippen LogP contribution >= 0.6 is 0 Å². The second-order valence-corrected chi connectivity index (χ2v) is 11.9. The summed E-state index contributed by atoms with van der Waals surface area (Å²) in [6.07, 6.45) is 2.04. The predicted molar refractivity (Wildman–Crippen MR) is 171 cm³/mol. The van der Waals surface area contributed by atoms with Crippen molar-refractivity contribution in [2.45, 2.75) is 71.2 Å². The van der Waals surface area contributed by atoms with Gasteiger partial charge in [0.1, 0.15) is 18.1 Å². The van der Waals surface area contributed by atoms with Crippen LogP contribution in [0.3, 0.4) is 0 Å². The van der Waals surface area contributed by atoms with Gasteiger partial charge < -0.3 is 35.3 Å². The molecule has 0 spiro atoms. The summed E-state index contributed by atoms with van der Waals surface area (Å²) in [4.78, 5) is 80.1. The Kier molecular flexibility index (Phi) is 12.0. The molecule has 0 saturated heterocycles. The number of carbonyl (C=O) groups is 5. The number of fused-ring (bicyclic) bond motifs is 2. The molecule has 2 aromatic heterocycles. The van der Waals surface area contributed by atoms with E-state index in [2.05, 4.69) is 26.4 Å². The van der Waals surface area contributed by atoms with Crippen LogP contribution in [0.4, 0.5) is 0 Å². The van der Waals surface area contributed by atoms with Gasteiger partial charge >= 0.3 is 0 Å². The van der Waals surface area contributed by atoms with Crippen molar-refractivity contribution in [3.63, 3.8) is 0 Å². The number of nitrogens with zero attached hydrogens (tertiary/aromatic N) is 3. The number of rotatable bonds is 7. The Morgan fingerprint density at radius 3 is 2.38 bits per heavy atom. The molecule has 1 aliphatic heterocycles. The highest BCUT2D eigenvalue weighted by Gasteiger charge is 2.30. The molecule has 0 saturated carbocycles. The normalized spacial score (nSPS) is 20.0. The zero-order valence-electron chi connectivity index (χ0n) is 26.7. The molecule has 14 heteroatoms. The van der Waals surface area contributed by atoms with Gasteiger partial charge in [-0.1, -0.05) is 55.4 Å². The summed E-state index contributed by atoms with van der Waals surface area (Å²) in [6, 6.07) is 12.3. The predicted octanol–water partition coefficient (Wildman–Crippen LogP) is 0.762. The smallest absolute Gasteiger partial charge is 0.274 e. The summed E-state index contributed by atoms with van der Waals surface area (Å²) in [5, 5.41) is 14.7. The van der Waals surface area contributed by atoms with Crippen LogP contribution in [0.1, 0.15) is 55.4 Å². The molecule has 3 heterocycles. The van der Waals surface area contributed by atoms with Crippen LogP contribution in [0, 0.1) is 5.92 Å². The molecule has 1 aromatic carbocycles. The SMILES string of the molecule is CC(C)C[C@H]1NC(=O)[C@@H](C)NC(=O)c2cc(on2)CN(C(=O)CCn2ccccc2=O)CCNC(=O)[C@@H](Cc2ccccc2)NC1=O. The maximum absolute atomic E-state index is 13.6. The lowest BCUT2D eigenvalue weighted by Gasteiger charge is -2.26. The molecule has 3 aromatic rings. The van der Waals surface area contributed by atoms with E-state index in [0.29, 0.717) is 0 Å². The summed E-state index contributed by atoms with van der Waals surface area (Å²) < 4.78 is 6.77. The van der Waals surface area contributed by atoms with E-state index in [1.54, 1.807) is 18.3 Å². The van der Waals surface area contributed by atoms with Crippen molar-refractivity contribution in [1.82, 2.24) is 35.9 Å². The highest BCUT2D eigenvalue weighted by Crippen LogP contribution is 2.12. The number of nitrogens with one attached hydrogen (secondary N) is 4. The number of hydrogen-bond acceptors (Lipinski definition) is 8. The van der Waals surface area contributed by atoms with Crippen LogP contribution in [-0.4, -0.2) is 75.4 Å². The van der Waals surface area contributed by atoms with Crippen molar-refractivity contribution < 1.29 is 28.5 Å². The zero-order chi connectivity index (χ0) is 33.9. The Labute approximate surface area is 272 Å². The van der Waals surface area contributed by atoms with Crippen molar-refractivity contribution >= 4 is 29.5 Å². The maximum atomic E-state index is 13.6. The molecule has 3 atom stereocenters. The summed E-state index contributed by atoms with van der Waals surface area (Å²) >= 11 is 0. The minimum atomic E-state index is -1.04. The van der Waals surface area contributed by atoms with Crippen LogP contribution in [0.15, 0.2) is 70.1 Å². The first-order valence-electron chi connectivity index (χ1n) is 15.6. The van der Waals surface area contributed by atoms with Gasteiger partial charge in [-0.05, 0) is 30.9 Å². The van der Waals surface area contributed by atoms with E-state index in [9.17, 15) is 28.8 Å². The highest BCUT2D eigenvalue weighted by molar-refractivity contribution is 5.97. The number of hydrogen-bond donors (Lipinski definition) is 4. The van der Waals surface area contributed by atoms with Gasteiger partial charge in [0.2, 0.25) is 23.6 Å². The molecule has 4 rings (SSSR count). The molecular weight excluding hydrogens is 606 g/mol. The highest BCUT2D eigenvalue weighted by atomic mass is 16.5. The lowest BCUT2D eigenvalue weighted by molar-refractivity contribution is -0.133. The van der Waals surface area contributed by atoms with Gasteiger partial charge in [0.25, 0.3) is 11.5 Å². The average Bonchev–Trinajstić information content (AvgIpc) is 3.51. The quantitative estimate of drug-likeness (QED) is 0.290. The Bertz CT molecular complexity index is 1620. The Hall–Kier alpha value is -5.27. The monoisotopic (exact) mass is 647 g/mol. The molecule has 2 bridgehead atoms. The topological polar surface area (TPSA) is 185 Å². The van der Waals surface area contributed by atoms with Crippen molar-refractivity contribution in [2.75, 3.05) is 13.1 Å². The van der Waals surface area contributed by atoms with Crippen LogP contribution in [-0.2, 0) is 38.7 Å². The van der Waals surface area contributed by atoms with Gasteiger partial charge in [-0.15, -0.1) is 0 Å². The zero-order valence-corrected chi connectivity index (χ0v) is 26.7. The lowest BCUT2D eigenvalue weighted by atomic mass is 10.0. The van der Waals surface area contributed by atoms with Crippen LogP contribution in [0.5, 0.6) is 0 Å². The molecule has 250 valence electrons. The Balaban J connectivity index is 1.60. The number of benzene rings is 1. The average molecular weight is 648 g/mol. The van der Waals surface area contributed by atoms with Crippen molar-refractivity contribution in [1.29, 1.82) is 0 Å². The van der Waals surface area contributed by atoms with Crippen molar-refractivity contribution in [3.8, 4) is 0 Å². The van der Waals surface area contributed by atoms with E-state index in [-0.39, 0.29) is 74.3 Å². The number of aryl methyl sites for hydroxylation is 1. The molecule has 1 aliphatic rings. The van der Waals surface area contributed by atoms with Crippen LogP contribution in [0.2, 0.25) is 0 Å². The molecule has 0 unspecified atom stereocenters. The first-order valence-corrected chi connectivity index (χ1v) is 15.6. The van der Waals surface area contributed by atoms with E-state index in [1.165, 1.54) is 28.5 Å². The first-order chi connectivity index (χ1) is 22.5. The largest absolute Gasteiger partial charge is 0.359 e. The van der Waals surface area contributed by atoms with Gasteiger partial charge in [0.15, 0.2) is 11.5 Å². The summed E-state index contributed by atoms with van der Waals surface area (Å²) in [5.74, 6) is -2.39. The number of carbonyl (C=O) groups excluding carboxylic acids is 5. The van der Waals surface area contributed by atoms with E-state index in [4.69, 9.17) is 4.52 Å². The van der Waals surface area contributed by atoms with Crippen LogP contribution in [0.25, 0.3) is 0 Å².